The van der Waals surface area contributed by atoms with Gasteiger partial charge in [-0.05, 0) is 44.0 Å². The molecule has 2 aromatic heterocycles. The summed E-state index contributed by atoms with van der Waals surface area (Å²) >= 11 is 0. The highest BCUT2D eigenvalue weighted by molar-refractivity contribution is 7.89. The average Bonchev–Trinajstić information content (AvgIpc) is 3.42. The Kier molecular flexibility index (Phi) is 5.10. The summed E-state index contributed by atoms with van der Waals surface area (Å²) in [5, 5.41) is 11.6. The van der Waals surface area contributed by atoms with E-state index in [0.29, 0.717) is 18.9 Å². The van der Waals surface area contributed by atoms with Crippen LogP contribution in [0.3, 0.4) is 0 Å². The van der Waals surface area contributed by atoms with Crippen LogP contribution in [-0.4, -0.2) is 45.8 Å². The van der Waals surface area contributed by atoms with Crippen molar-refractivity contribution in [3.8, 4) is 5.69 Å². The number of hydrogen-bond acceptors (Lipinski definition) is 6. The highest BCUT2D eigenvalue weighted by atomic mass is 32.2. The van der Waals surface area contributed by atoms with Gasteiger partial charge in [0.15, 0.2) is 0 Å². The number of sulfonamides is 1. The van der Waals surface area contributed by atoms with E-state index < -0.39 is 10.0 Å². The first-order valence-corrected chi connectivity index (χ1v) is 10.7. The maximum Gasteiger partial charge on any atom is 0.244 e. The minimum atomic E-state index is -3.45. The van der Waals surface area contributed by atoms with Gasteiger partial charge in [-0.3, -0.25) is 0 Å². The van der Waals surface area contributed by atoms with Crippen molar-refractivity contribution in [3.05, 3.63) is 60.6 Å². The molecule has 3 aromatic rings. The Balaban J connectivity index is 1.45. The molecule has 146 valence electrons. The van der Waals surface area contributed by atoms with Crippen LogP contribution in [0, 0.1) is 0 Å². The number of benzene rings is 1. The Hall–Kier alpha value is -2.78. The first-order chi connectivity index (χ1) is 13.5. The lowest BCUT2D eigenvalue weighted by Crippen LogP contribution is -2.27. The minimum absolute atomic E-state index is 0.133. The van der Waals surface area contributed by atoms with Crippen molar-refractivity contribution in [2.75, 3.05) is 18.4 Å². The lowest BCUT2D eigenvalue weighted by Gasteiger charge is -2.16. The van der Waals surface area contributed by atoms with Gasteiger partial charge in [0.05, 0.1) is 17.9 Å². The number of rotatable bonds is 6. The van der Waals surface area contributed by atoms with Gasteiger partial charge in [-0.2, -0.15) is 4.31 Å². The molecule has 0 spiro atoms. The van der Waals surface area contributed by atoms with Gasteiger partial charge in [-0.1, -0.05) is 23.4 Å². The molecule has 0 aliphatic carbocycles. The summed E-state index contributed by atoms with van der Waals surface area (Å²) in [6.45, 7) is 3.11. The van der Waals surface area contributed by atoms with Crippen LogP contribution in [0.4, 0.5) is 5.82 Å². The molecule has 1 atom stereocenters. The van der Waals surface area contributed by atoms with Crippen LogP contribution < -0.4 is 5.32 Å². The van der Waals surface area contributed by atoms with Gasteiger partial charge in [-0.15, -0.1) is 5.10 Å². The summed E-state index contributed by atoms with van der Waals surface area (Å²) in [4.78, 5) is 4.50. The summed E-state index contributed by atoms with van der Waals surface area (Å²) in [6, 6.07) is 12.9. The second-order valence-corrected chi connectivity index (χ2v) is 8.72. The van der Waals surface area contributed by atoms with E-state index in [0.717, 1.165) is 24.2 Å². The fourth-order valence-corrected chi connectivity index (χ4v) is 4.64. The van der Waals surface area contributed by atoms with Gasteiger partial charge in [0.2, 0.25) is 10.0 Å². The third-order valence-corrected chi connectivity index (χ3v) is 6.66. The van der Waals surface area contributed by atoms with E-state index in [2.05, 4.69) is 20.6 Å². The Bertz CT molecular complexity index is 1030. The highest BCUT2D eigenvalue weighted by Gasteiger charge is 2.27. The molecule has 1 aromatic carbocycles. The summed E-state index contributed by atoms with van der Waals surface area (Å²) in [7, 11) is -3.45. The lowest BCUT2D eigenvalue weighted by atomic mass is 10.2. The molecule has 8 nitrogen and oxygen atoms in total. The highest BCUT2D eigenvalue weighted by Crippen LogP contribution is 2.22. The molecular weight excluding hydrogens is 376 g/mol. The standard InChI is InChI=1S/C19H22N6O2S/c1-15(18-14-25(23-22-18)16-7-3-2-4-8-16)21-19-10-9-17(13-20-19)28(26,27)24-11-5-6-12-24/h2-4,7-10,13-15H,5-6,11-12H2,1H3,(H,20,21). The lowest BCUT2D eigenvalue weighted by molar-refractivity contribution is 0.477. The molecule has 0 bridgehead atoms. The van der Waals surface area contributed by atoms with Crippen molar-refractivity contribution < 1.29 is 8.42 Å². The van der Waals surface area contributed by atoms with Gasteiger partial charge in [0, 0.05) is 19.3 Å². The summed E-state index contributed by atoms with van der Waals surface area (Å²) in [5.41, 5.74) is 1.70. The van der Waals surface area contributed by atoms with Crippen molar-refractivity contribution in [1.82, 2.24) is 24.3 Å². The van der Waals surface area contributed by atoms with Crippen molar-refractivity contribution in [2.45, 2.75) is 30.7 Å². The molecule has 0 radical (unpaired) electrons. The van der Waals surface area contributed by atoms with Gasteiger partial charge in [0.25, 0.3) is 0 Å². The zero-order valence-corrected chi connectivity index (χ0v) is 16.4. The maximum absolute atomic E-state index is 12.6. The molecule has 1 fully saturated rings. The summed E-state index contributed by atoms with van der Waals surface area (Å²) in [6.07, 6.45) is 5.09. The summed E-state index contributed by atoms with van der Waals surface area (Å²) in [5.74, 6) is 0.585. The molecule has 3 heterocycles. The first-order valence-electron chi connectivity index (χ1n) is 9.24. The van der Waals surface area contributed by atoms with E-state index in [-0.39, 0.29) is 10.9 Å². The Morgan fingerprint density at radius 1 is 1.07 bits per heavy atom. The second-order valence-electron chi connectivity index (χ2n) is 6.78. The van der Waals surface area contributed by atoms with Crippen molar-refractivity contribution in [3.63, 3.8) is 0 Å². The number of anilines is 1. The molecule has 1 N–H and O–H groups in total. The number of para-hydroxylation sites is 1. The summed E-state index contributed by atoms with van der Waals surface area (Å²) < 4.78 is 28.4. The van der Waals surface area contributed by atoms with E-state index >= 15 is 0 Å². The van der Waals surface area contributed by atoms with E-state index in [1.165, 1.54) is 10.5 Å². The van der Waals surface area contributed by atoms with E-state index in [4.69, 9.17) is 0 Å². The van der Waals surface area contributed by atoms with Crippen LogP contribution in [0.15, 0.2) is 59.8 Å². The van der Waals surface area contributed by atoms with Crippen molar-refractivity contribution in [2.24, 2.45) is 0 Å². The van der Waals surface area contributed by atoms with Crippen LogP contribution in [0.2, 0.25) is 0 Å². The number of pyridine rings is 1. The molecule has 9 heteroatoms. The van der Waals surface area contributed by atoms with Crippen LogP contribution in [0.5, 0.6) is 0 Å². The molecule has 4 rings (SSSR count). The van der Waals surface area contributed by atoms with Crippen LogP contribution in [0.25, 0.3) is 5.69 Å². The monoisotopic (exact) mass is 398 g/mol. The van der Waals surface area contributed by atoms with E-state index in [1.807, 2.05) is 43.5 Å². The molecule has 1 aliphatic heterocycles. The molecular formula is C19H22N6O2S. The van der Waals surface area contributed by atoms with Crippen LogP contribution in [-0.2, 0) is 10.0 Å². The smallest absolute Gasteiger partial charge is 0.244 e. The zero-order valence-electron chi connectivity index (χ0n) is 15.6. The SMILES string of the molecule is CC(Nc1ccc(S(=O)(=O)N2CCCC2)cn1)c1cn(-c2ccccc2)nn1. The predicted molar refractivity (Wildman–Crippen MR) is 106 cm³/mol. The Labute approximate surface area is 164 Å². The zero-order chi connectivity index (χ0) is 19.6. The van der Waals surface area contributed by atoms with Crippen molar-refractivity contribution >= 4 is 15.8 Å². The third kappa shape index (κ3) is 3.76. The maximum atomic E-state index is 12.6. The molecule has 28 heavy (non-hydrogen) atoms. The van der Waals surface area contributed by atoms with Crippen molar-refractivity contribution in [1.29, 1.82) is 0 Å². The minimum Gasteiger partial charge on any atom is -0.362 e. The third-order valence-electron chi connectivity index (χ3n) is 4.78. The average molecular weight is 398 g/mol. The van der Waals surface area contributed by atoms with Gasteiger partial charge >= 0.3 is 0 Å². The fourth-order valence-electron chi connectivity index (χ4n) is 3.17. The molecule has 1 unspecified atom stereocenters. The van der Waals surface area contributed by atoms with E-state index in [1.54, 1.807) is 16.8 Å². The number of hydrogen-bond donors (Lipinski definition) is 1. The second kappa shape index (κ2) is 7.69. The molecule has 1 saturated heterocycles. The largest absolute Gasteiger partial charge is 0.362 e. The molecule has 1 aliphatic rings. The quantitative estimate of drug-likeness (QED) is 0.686. The first kappa shape index (κ1) is 18.6. The van der Waals surface area contributed by atoms with E-state index in [9.17, 15) is 8.42 Å². The number of nitrogens with zero attached hydrogens (tertiary/aromatic N) is 5. The predicted octanol–water partition coefficient (Wildman–Crippen LogP) is 2.62. The van der Waals surface area contributed by atoms with Gasteiger partial charge in [0.1, 0.15) is 16.4 Å². The normalized spacial score (nSPS) is 16.2. The topological polar surface area (TPSA) is 93.0 Å². The fraction of sp³-hybridized carbons (Fsp3) is 0.316. The number of aromatic nitrogens is 4. The van der Waals surface area contributed by atoms with Crippen LogP contribution in [0.1, 0.15) is 31.5 Å². The Morgan fingerprint density at radius 3 is 2.50 bits per heavy atom. The van der Waals surface area contributed by atoms with Crippen LogP contribution >= 0.6 is 0 Å². The number of nitrogens with one attached hydrogen (secondary N) is 1. The van der Waals surface area contributed by atoms with Gasteiger partial charge in [-0.25, -0.2) is 18.1 Å². The molecule has 0 saturated carbocycles. The van der Waals surface area contributed by atoms with Gasteiger partial charge < -0.3 is 5.32 Å². The molecule has 0 amide bonds. The Morgan fingerprint density at radius 2 is 1.82 bits per heavy atom.